The molecule has 42 heavy (non-hydrogen) atoms. The third-order valence-corrected chi connectivity index (χ3v) is 8.73. The van der Waals surface area contributed by atoms with Crippen LogP contribution in [0, 0.1) is 11.3 Å². The SMILES string of the molecule is N#Cc1nc(-n2c3c4ccccc4ccc3c3cc4c5ccccc5n5c6ccccc6c(c32)c45)nc2cccnc12. The first-order valence-electron chi connectivity index (χ1n) is 13.9. The Balaban J connectivity index is 1.56. The van der Waals surface area contributed by atoms with E-state index < -0.39 is 0 Å². The van der Waals surface area contributed by atoms with Gasteiger partial charge in [0.05, 0.1) is 33.1 Å². The predicted molar refractivity (Wildman–Crippen MR) is 169 cm³/mol. The summed E-state index contributed by atoms with van der Waals surface area (Å²) in [7, 11) is 0. The quantitative estimate of drug-likeness (QED) is 0.212. The van der Waals surface area contributed by atoms with Crippen LogP contribution in [0.15, 0.2) is 109 Å². The zero-order valence-electron chi connectivity index (χ0n) is 22.1. The van der Waals surface area contributed by atoms with Crippen LogP contribution in [0.1, 0.15) is 5.69 Å². The van der Waals surface area contributed by atoms with Gasteiger partial charge in [-0.05, 0) is 35.7 Å². The van der Waals surface area contributed by atoms with Crippen molar-refractivity contribution in [2.24, 2.45) is 0 Å². The molecule has 6 heteroatoms. The molecule has 5 heterocycles. The number of hydrogen-bond acceptors (Lipinski definition) is 4. The van der Waals surface area contributed by atoms with Gasteiger partial charge in [0.1, 0.15) is 11.6 Å². The van der Waals surface area contributed by atoms with Crippen molar-refractivity contribution in [3.63, 3.8) is 0 Å². The number of nitrogens with zero attached hydrogens (tertiary/aromatic N) is 6. The molecule has 0 aliphatic heterocycles. The summed E-state index contributed by atoms with van der Waals surface area (Å²) < 4.78 is 4.57. The first kappa shape index (κ1) is 21.7. The Kier molecular flexibility index (Phi) is 3.91. The van der Waals surface area contributed by atoms with E-state index in [1.807, 2.05) is 12.1 Å². The lowest BCUT2D eigenvalue weighted by molar-refractivity contribution is 1.00. The highest BCUT2D eigenvalue weighted by Crippen LogP contribution is 2.47. The Morgan fingerprint density at radius 1 is 0.595 bits per heavy atom. The van der Waals surface area contributed by atoms with Crippen LogP contribution < -0.4 is 0 Å². The Morgan fingerprint density at radius 2 is 1.33 bits per heavy atom. The number of benzene rings is 5. The van der Waals surface area contributed by atoms with Crippen molar-refractivity contribution in [2.75, 3.05) is 0 Å². The summed E-state index contributed by atoms with van der Waals surface area (Å²) >= 11 is 0. The zero-order valence-corrected chi connectivity index (χ0v) is 22.1. The summed E-state index contributed by atoms with van der Waals surface area (Å²) in [5.41, 5.74) is 7.00. The number of aromatic nitrogens is 5. The average molecular weight is 535 g/mol. The molecule has 0 amide bonds. The van der Waals surface area contributed by atoms with Gasteiger partial charge in [-0.25, -0.2) is 4.98 Å². The molecule has 6 nitrogen and oxygen atoms in total. The Hall–Kier alpha value is -6.06. The van der Waals surface area contributed by atoms with Crippen LogP contribution in [0.4, 0.5) is 0 Å². The molecule has 0 saturated carbocycles. The number of pyridine rings is 1. The minimum atomic E-state index is 0.262. The van der Waals surface area contributed by atoms with E-state index in [-0.39, 0.29) is 5.69 Å². The minimum absolute atomic E-state index is 0.262. The van der Waals surface area contributed by atoms with Gasteiger partial charge in [-0.15, -0.1) is 0 Å². The van der Waals surface area contributed by atoms with Crippen molar-refractivity contribution in [2.45, 2.75) is 0 Å². The van der Waals surface area contributed by atoms with E-state index in [9.17, 15) is 5.26 Å². The number of fused-ring (bicyclic) bond motifs is 13. The van der Waals surface area contributed by atoms with Gasteiger partial charge < -0.3 is 4.40 Å². The standard InChI is InChI=1S/C36H18N6/c37-19-28-32-27(12-7-17-38-32)39-36(40-28)42-33-21-9-2-1-8-20(21)15-16-23(33)26-18-25-22-10-3-5-13-29(22)41-30-14-6-4-11-24(30)31(34(25)41)35(26)42/h1-18H. The lowest BCUT2D eigenvalue weighted by atomic mass is 10.0. The molecule has 0 atom stereocenters. The Bertz CT molecular complexity index is 2810. The van der Waals surface area contributed by atoms with E-state index in [4.69, 9.17) is 9.97 Å². The van der Waals surface area contributed by atoms with Crippen LogP contribution in [0.3, 0.4) is 0 Å². The predicted octanol–water partition coefficient (Wildman–Crippen LogP) is 8.30. The monoisotopic (exact) mass is 534 g/mol. The van der Waals surface area contributed by atoms with E-state index in [2.05, 4.69) is 111 Å². The van der Waals surface area contributed by atoms with E-state index in [1.54, 1.807) is 6.20 Å². The van der Waals surface area contributed by atoms with Crippen molar-refractivity contribution in [1.29, 1.82) is 5.26 Å². The molecule has 0 unspecified atom stereocenters. The van der Waals surface area contributed by atoms with Crippen molar-refractivity contribution >= 4 is 81.7 Å². The summed E-state index contributed by atoms with van der Waals surface area (Å²) in [4.78, 5) is 14.3. The summed E-state index contributed by atoms with van der Waals surface area (Å²) in [6.07, 6.45) is 1.67. The second kappa shape index (κ2) is 7.57. The lowest BCUT2D eigenvalue weighted by Gasteiger charge is -2.10. The summed E-state index contributed by atoms with van der Waals surface area (Å²) in [5.74, 6) is 0.464. The van der Waals surface area contributed by atoms with Crippen LogP contribution in [0.2, 0.25) is 0 Å². The fourth-order valence-electron chi connectivity index (χ4n) is 7.10. The zero-order chi connectivity index (χ0) is 27.5. The van der Waals surface area contributed by atoms with Gasteiger partial charge >= 0.3 is 0 Å². The highest BCUT2D eigenvalue weighted by atomic mass is 15.2. The molecule has 0 aliphatic carbocycles. The van der Waals surface area contributed by atoms with Crippen LogP contribution in [0.25, 0.3) is 87.7 Å². The molecular formula is C36H18N6. The maximum absolute atomic E-state index is 10.1. The number of para-hydroxylation sites is 2. The van der Waals surface area contributed by atoms with Gasteiger partial charge in [0, 0.05) is 43.9 Å². The van der Waals surface area contributed by atoms with Crippen molar-refractivity contribution in [3.05, 3.63) is 115 Å². The molecule has 0 fully saturated rings. The molecule has 5 aromatic carbocycles. The first-order chi connectivity index (χ1) is 20.8. The van der Waals surface area contributed by atoms with Gasteiger partial charge in [-0.3, -0.25) is 9.55 Å². The van der Waals surface area contributed by atoms with E-state index in [0.717, 1.165) is 43.5 Å². The third-order valence-electron chi connectivity index (χ3n) is 8.73. The fraction of sp³-hybridized carbons (Fsp3) is 0. The molecule has 0 saturated heterocycles. The summed E-state index contributed by atoms with van der Waals surface area (Å²) in [5, 5.41) is 19.4. The number of hydrogen-bond donors (Lipinski definition) is 0. The van der Waals surface area contributed by atoms with Crippen LogP contribution in [-0.4, -0.2) is 23.9 Å². The van der Waals surface area contributed by atoms with Gasteiger partial charge in [0.15, 0.2) is 5.69 Å². The van der Waals surface area contributed by atoms with Crippen molar-refractivity contribution < 1.29 is 0 Å². The topological polar surface area (TPSA) is 71.8 Å². The molecular weight excluding hydrogens is 516 g/mol. The molecule has 10 aromatic rings. The van der Waals surface area contributed by atoms with Crippen molar-refractivity contribution in [1.82, 2.24) is 23.9 Å². The maximum atomic E-state index is 10.1. The first-order valence-corrected chi connectivity index (χ1v) is 13.9. The number of nitriles is 1. The molecule has 0 aliphatic rings. The van der Waals surface area contributed by atoms with E-state index in [1.165, 1.54) is 27.2 Å². The molecule has 0 N–H and O–H groups in total. The lowest BCUT2D eigenvalue weighted by Crippen LogP contribution is -2.05. The largest absolute Gasteiger partial charge is 0.308 e. The molecule has 0 spiro atoms. The van der Waals surface area contributed by atoms with Gasteiger partial charge in [-0.2, -0.15) is 10.2 Å². The Labute approximate surface area is 237 Å². The molecule has 0 radical (unpaired) electrons. The van der Waals surface area contributed by atoms with Crippen molar-refractivity contribution in [3.8, 4) is 12.0 Å². The average Bonchev–Trinajstić information content (AvgIpc) is 3.69. The smallest absolute Gasteiger partial charge is 0.236 e. The van der Waals surface area contributed by atoms with Crippen LogP contribution >= 0.6 is 0 Å². The minimum Gasteiger partial charge on any atom is -0.308 e. The number of rotatable bonds is 1. The fourth-order valence-corrected chi connectivity index (χ4v) is 7.10. The van der Waals surface area contributed by atoms with Crippen LogP contribution in [-0.2, 0) is 0 Å². The van der Waals surface area contributed by atoms with E-state index in [0.29, 0.717) is 17.0 Å². The van der Waals surface area contributed by atoms with Crippen LogP contribution in [0.5, 0.6) is 0 Å². The molecule has 10 rings (SSSR count). The Morgan fingerprint density at radius 3 is 2.19 bits per heavy atom. The van der Waals surface area contributed by atoms with Gasteiger partial charge in [0.2, 0.25) is 5.95 Å². The maximum Gasteiger partial charge on any atom is 0.236 e. The summed E-state index contributed by atoms with van der Waals surface area (Å²) in [6.45, 7) is 0. The van der Waals surface area contributed by atoms with E-state index >= 15 is 0 Å². The summed E-state index contributed by atoms with van der Waals surface area (Å²) in [6, 6.07) is 38.4. The second-order valence-electron chi connectivity index (χ2n) is 10.8. The highest BCUT2D eigenvalue weighted by molar-refractivity contribution is 6.35. The molecule has 5 aromatic heterocycles. The normalized spacial score (nSPS) is 12.3. The second-order valence-corrected chi connectivity index (χ2v) is 10.8. The molecule has 0 bridgehead atoms. The molecule has 192 valence electrons. The van der Waals surface area contributed by atoms with Gasteiger partial charge in [-0.1, -0.05) is 72.8 Å². The van der Waals surface area contributed by atoms with Gasteiger partial charge in [0.25, 0.3) is 0 Å². The highest BCUT2D eigenvalue weighted by Gasteiger charge is 2.26. The third kappa shape index (κ3) is 2.52.